The Morgan fingerprint density at radius 1 is 1.29 bits per heavy atom. The Labute approximate surface area is 133 Å². The van der Waals surface area contributed by atoms with Crippen LogP contribution >= 0.6 is 15.9 Å². The average molecular weight is 354 g/mol. The van der Waals surface area contributed by atoms with Crippen LogP contribution in [0.25, 0.3) is 0 Å². The molecule has 2 N–H and O–H groups in total. The lowest BCUT2D eigenvalue weighted by Gasteiger charge is -2.14. The van der Waals surface area contributed by atoms with E-state index in [1.165, 1.54) is 6.07 Å². The molecule has 2 aromatic rings. The van der Waals surface area contributed by atoms with Crippen LogP contribution in [0.5, 0.6) is 0 Å². The van der Waals surface area contributed by atoms with Gasteiger partial charge in [-0.1, -0.05) is 35.8 Å². The molecule has 1 heterocycles. The summed E-state index contributed by atoms with van der Waals surface area (Å²) in [5.41, 5.74) is 7.56. The van der Waals surface area contributed by atoms with Gasteiger partial charge in [0.25, 0.3) is 0 Å². The highest BCUT2D eigenvalue weighted by Crippen LogP contribution is 2.27. The number of nitrogens with two attached hydrogens (primary N) is 1. The van der Waals surface area contributed by atoms with E-state index in [-0.39, 0.29) is 5.82 Å². The molecule has 0 fully saturated rings. The zero-order chi connectivity index (χ0) is 15.4. The molecular weight excluding hydrogens is 333 g/mol. The van der Waals surface area contributed by atoms with Crippen molar-refractivity contribution in [3.8, 4) is 0 Å². The van der Waals surface area contributed by atoms with Crippen molar-refractivity contribution in [2.24, 2.45) is 5.73 Å². The van der Waals surface area contributed by atoms with Gasteiger partial charge in [-0.3, -0.25) is 4.68 Å². The standard InChI is InChI=1S/C16H21BrFN3/c1-3-12(4-2)21-9-8-11(20-21)10-15(19)16-13(17)6-5-7-14(16)18/h5-9,12,15H,3-4,10,19H2,1-2H3. The Bertz CT molecular complexity index is 573. The maximum Gasteiger partial charge on any atom is 0.129 e. The van der Waals surface area contributed by atoms with Crippen LogP contribution < -0.4 is 5.73 Å². The molecule has 1 aromatic heterocycles. The van der Waals surface area contributed by atoms with Crippen molar-refractivity contribution in [1.82, 2.24) is 9.78 Å². The summed E-state index contributed by atoms with van der Waals surface area (Å²) < 4.78 is 16.6. The van der Waals surface area contributed by atoms with Gasteiger partial charge in [-0.15, -0.1) is 0 Å². The maximum absolute atomic E-state index is 13.9. The second-order valence-electron chi connectivity index (χ2n) is 5.20. The monoisotopic (exact) mass is 353 g/mol. The molecule has 0 aliphatic carbocycles. The van der Waals surface area contributed by atoms with Gasteiger partial charge in [0.1, 0.15) is 5.82 Å². The van der Waals surface area contributed by atoms with Gasteiger partial charge in [-0.2, -0.15) is 5.10 Å². The number of rotatable bonds is 6. The highest BCUT2D eigenvalue weighted by molar-refractivity contribution is 9.10. The smallest absolute Gasteiger partial charge is 0.129 e. The van der Waals surface area contributed by atoms with E-state index in [1.807, 2.05) is 16.9 Å². The molecule has 1 aromatic carbocycles. The van der Waals surface area contributed by atoms with Gasteiger partial charge in [0.15, 0.2) is 0 Å². The zero-order valence-corrected chi connectivity index (χ0v) is 14.0. The summed E-state index contributed by atoms with van der Waals surface area (Å²) >= 11 is 3.37. The minimum Gasteiger partial charge on any atom is -0.323 e. The molecule has 1 unspecified atom stereocenters. The Kier molecular flexibility index (Phi) is 5.53. The number of nitrogens with zero attached hydrogens (tertiary/aromatic N) is 2. The van der Waals surface area contributed by atoms with E-state index in [4.69, 9.17) is 5.73 Å². The van der Waals surface area contributed by atoms with Crippen molar-refractivity contribution in [3.05, 3.63) is 52.0 Å². The molecule has 1 atom stereocenters. The van der Waals surface area contributed by atoms with E-state index in [0.29, 0.717) is 22.5 Å². The summed E-state index contributed by atoms with van der Waals surface area (Å²) in [6, 6.07) is 6.87. The molecule has 0 aliphatic rings. The Morgan fingerprint density at radius 3 is 2.62 bits per heavy atom. The fraction of sp³-hybridized carbons (Fsp3) is 0.438. The molecule has 114 valence electrons. The van der Waals surface area contributed by atoms with Gasteiger partial charge < -0.3 is 5.73 Å². The third-order valence-electron chi connectivity index (χ3n) is 3.78. The summed E-state index contributed by atoms with van der Waals surface area (Å²) in [6.07, 6.45) is 4.59. The topological polar surface area (TPSA) is 43.8 Å². The fourth-order valence-corrected chi connectivity index (χ4v) is 3.18. The lowest BCUT2D eigenvalue weighted by atomic mass is 10.0. The zero-order valence-electron chi connectivity index (χ0n) is 12.4. The van der Waals surface area contributed by atoms with Gasteiger partial charge in [-0.05, 0) is 31.0 Å². The molecule has 5 heteroatoms. The van der Waals surface area contributed by atoms with Gasteiger partial charge in [0.05, 0.1) is 11.7 Å². The first-order valence-corrected chi connectivity index (χ1v) is 8.09. The summed E-state index contributed by atoms with van der Waals surface area (Å²) in [5.74, 6) is -0.281. The number of hydrogen-bond donors (Lipinski definition) is 1. The summed E-state index contributed by atoms with van der Waals surface area (Å²) in [7, 11) is 0. The molecule has 2 rings (SSSR count). The first kappa shape index (κ1) is 16.2. The van der Waals surface area contributed by atoms with E-state index >= 15 is 0 Å². The molecular formula is C16H21BrFN3. The molecule has 0 aliphatic heterocycles. The van der Waals surface area contributed by atoms with Gasteiger partial charge in [-0.25, -0.2) is 4.39 Å². The van der Waals surface area contributed by atoms with Crippen molar-refractivity contribution in [2.75, 3.05) is 0 Å². The lowest BCUT2D eigenvalue weighted by Crippen LogP contribution is -2.16. The number of halogens is 2. The summed E-state index contributed by atoms with van der Waals surface area (Å²) in [6.45, 7) is 4.30. The van der Waals surface area contributed by atoms with Gasteiger partial charge >= 0.3 is 0 Å². The van der Waals surface area contributed by atoms with Crippen molar-refractivity contribution < 1.29 is 4.39 Å². The normalized spacial score (nSPS) is 12.9. The predicted octanol–water partition coefficient (Wildman–Crippen LogP) is 4.39. The second-order valence-corrected chi connectivity index (χ2v) is 6.06. The van der Waals surface area contributed by atoms with Gasteiger partial charge in [0.2, 0.25) is 0 Å². The highest BCUT2D eigenvalue weighted by Gasteiger charge is 2.17. The predicted molar refractivity (Wildman–Crippen MR) is 86.6 cm³/mol. The third-order valence-corrected chi connectivity index (χ3v) is 4.47. The summed E-state index contributed by atoms with van der Waals surface area (Å²) in [4.78, 5) is 0. The molecule has 3 nitrogen and oxygen atoms in total. The SMILES string of the molecule is CCC(CC)n1ccc(CC(N)c2c(F)cccc2Br)n1. The van der Waals surface area contributed by atoms with Crippen LogP contribution in [0.4, 0.5) is 4.39 Å². The Morgan fingerprint density at radius 2 is 2.00 bits per heavy atom. The Balaban J connectivity index is 2.15. The van der Waals surface area contributed by atoms with Crippen molar-refractivity contribution in [2.45, 2.75) is 45.2 Å². The van der Waals surface area contributed by atoms with Crippen LogP contribution in [0.15, 0.2) is 34.9 Å². The molecule has 21 heavy (non-hydrogen) atoms. The van der Waals surface area contributed by atoms with Crippen LogP contribution in [0.3, 0.4) is 0 Å². The molecule has 0 bridgehead atoms. The van der Waals surface area contributed by atoms with Crippen molar-refractivity contribution in [1.29, 1.82) is 0 Å². The molecule has 0 spiro atoms. The minimum atomic E-state index is -0.411. The Hall–Kier alpha value is -1.20. The van der Waals surface area contributed by atoms with Crippen LogP contribution in [0.2, 0.25) is 0 Å². The summed E-state index contributed by atoms with van der Waals surface area (Å²) in [5, 5.41) is 4.58. The first-order chi connectivity index (χ1) is 10.1. The van der Waals surface area contributed by atoms with E-state index in [9.17, 15) is 4.39 Å². The molecule has 0 radical (unpaired) electrons. The first-order valence-electron chi connectivity index (χ1n) is 7.30. The third kappa shape index (κ3) is 3.71. The van der Waals surface area contributed by atoms with Crippen LogP contribution in [-0.4, -0.2) is 9.78 Å². The number of aromatic nitrogens is 2. The lowest BCUT2D eigenvalue weighted by molar-refractivity contribution is 0.424. The van der Waals surface area contributed by atoms with E-state index in [2.05, 4.69) is 34.9 Å². The number of benzene rings is 1. The van der Waals surface area contributed by atoms with E-state index in [1.54, 1.807) is 12.1 Å². The largest absolute Gasteiger partial charge is 0.323 e. The van der Waals surface area contributed by atoms with Crippen LogP contribution in [-0.2, 0) is 6.42 Å². The van der Waals surface area contributed by atoms with Crippen molar-refractivity contribution in [3.63, 3.8) is 0 Å². The van der Waals surface area contributed by atoms with E-state index in [0.717, 1.165) is 18.5 Å². The van der Waals surface area contributed by atoms with Gasteiger partial charge in [0, 0.05) is 28.7 Å². The second kappa shape index (κ2) is 7.18. The van der Waals surface area contributed by atoms with Crippen LogP contribution in [0.1, 0.15) is 50.0 Å². The number of hydrogen-bond acceptors (Lipinski definition) is 2. The van der Waals surface area contributed by atoms with Crippen molar-refractivity contribution >= 4 is 15.9 Å². The molecule has 0 saturated carbocycles. The average Bonchev–Trinajstić information content (AvgIpc) is 2.88. The molecule has 0 amide bonds. The molecule has 0 saturated heterocycles. The maximum atomic E-state index is 13.9. The minimum absolute atomic E-state index is 0.281. The van der Waals surface area contributed by atoms with Crippen LogP contribution in [0, 0.1) is 5.82 Å². The highest BCUT2D eigenvalue weighted by atomic mass is 79.9. The quantitative estimate of drug-likeness (QED) is 0.836. The fourth-order valence-electron chi connectivity index (χ4n) is 2.54. The van der Waals surface area contributed by atoms with E-state index < -0.39 is 6.04 Å².